The van der Waals surface area contributed by atoms with Gasteiger partial charge in [-0.15, -0.1) is 11.3 Å². The minimum Gasteiger partial charge on any atom is -0.480 e. The fourth-order valence-corrected chi connectivity index (χ4v) is 3.34. The Labute approximate surface area is 127 Å². The highest BCUT2D eigenvalue weighted by Crippen LogP contribution is 2.28. The number of rotatable bonds is 3. The molecule has 0 bridgehead atoms. The number of thioether (sulfide) groups is 1. The van der Waals surface area contributed by atoms with E-state index in [1.165, 1.54) is 22.5 Å². The molecule has 108 valence electrons. The van der Waals surface area contributed by atoms with Crippen LogP contribution in [0, 0.1) is 0 Å². The largest absolute Gasteiger partial charge is 0.480 e. The highest BCUT2D eigenvalue weighted by atomic mass is 32.2. The normalized spacial score (nSPS) is 23.6. The molecule has 2 aliphatic heterocycles. The van der Waals surface area contributed by atoms with Gasteiger partial charge in [0.15, 0.2) is 6.04 Å². The van der Waals surface area contributed by atoms with Crippen molar-refractivity contribution in [2.75, 3.05) is 0 Å². The number of aliphatic carboxylic acids is 1. The van der Waals surface area contributed by atoms with Gasteiger partial charge in [0.05, 0.1) is 10.6 Å². The van der Waals surface area contributed by atoms with E-state index in [0.29, 0.717) is 5.71 Å². The third kappa shape index (κ3) is 2.69. The predicted octanol–water partition coefficient (Wildman–Crippen LogP) is 1.44. The Kier molecular flexibility index (Phi) is 3.52. The van der Waals surface area contributed by atoms with Crippen LogP contribution in [0.25, 0.3) is 0 Å². The van der Waals surface area contributed by atoms with Crippen molar-refractivity contribution in [3.63, 3.8) is 0 Å². The average molecular weight is 323 g/mol. The number of hydrogen-bond donors (Lipinski definition) is 2. The molecule has 0 unspecified atom stereocenters. The van der Waals surface area contributed by atoms with E-state index in [0.717, 1.165) is 16.6 Å². The molecule has 1 aromatic rings. The number of imide groups is 1. The van der Waals surface area contributed by atoms with Crippen molar-refractivity contribution in [2.24, 2.45) is 5.10 Å². The molecule has 2 N–H and O–H groups in total. The van der Waals surface area contributed by atoms with Crippen molar-refractivity contribution in [3.05, 3.63) is 33.5 Å². The Hall–Kier alpha value is -2.13. The van der Waals surface area contributed by atoms with E-state index in [-0.39, 0.29) is 11.3 Å². The summed E-state index contributed by atoms with van der Waals surface area (Å²) in [5.41, 5.74) is 0.656. The first-order chi connectivity index (χ1) is 10.0. The number of carboxylic acid groups (broad SMARTS) is 1. The number of hydrazone groups is 1. The standard InChI is InChI=1S/C12H9N3O4S2/c16-10-9(21-12(19)13-10)5-15-7(11(17)18)4-6(14-15)8-2-1-3-20-8/h1-3,5,7H,4H2,(H,17,18)(H,13,16,19)/b9-5-/t7-/m0/s1. The fourth-order valence-electron chi connectivity index (χ4n) is 1.97. The minimum absolute atomic E-state index is 0.141. The summed E-state index contributed by atoms with van der Waals surface area (Å²) in [6, 6.07) is 2.84. The number of hydrogen-bond acceptors (Lipinski definition) is 7. The maximum absolute atomic E-state index is 11.5. The maximum Gasteiger partial charge on any atom is 0.328 e. The van der Waals surface area contributed by atoms with Crippen molar-refractivity contribution in [1.82, 2.24) is 10.3 Å². The monoisotopic (exact) mass is 323 g/mol. The summed E-state index contributed by atoms with van der Waals surface area (Å²) in [5, 5.41) is 18.3. The van der Waals surface area contributed by atoms with Crippen LogP contribution in [0.1, 0.15) is 11.3 Å². The number of carbonyl (C=O) groups is 3. The van der Waals surface area contributed by atoms with Gasteiger partial charge in [-0.25, -0.2) is 4.79 Å². The highest BCUT2D eigenvalue weighted by Gasteiger charge is 2.34. The summed E-state index contributed by atoms with van der Waals surface area (Å²) >= 11 is 2.20. The van der Waals surface area contributed by atoms with E-state index in [1.54, 1.807) is 0 Å². The lowest BCUT2D eigenvalue weighted by Crippen LogP contribution is -2.31. The minimum atomic E-state index is -1.03. The Bertz CT molecular complexity index is 681. The molecule has 1 aromatic heterocycles. The first kappa shape index (κ1) is 13.8. The molecule has 2 aliphatic rings. The van der Waals surface area contributed by atoms with Crippen molar-refractivity contribution in [1.29, 1.82) is 0 Å². The van der Waals surface area contributed by atoms with E-state index < -0.39 is 23.2 Å². The SMILES string of the molecule is O=C1NC(=O)/C(=C/N2N=C(c3cccs3)C[C@H]2C(=O)O)S1. The molecule has 1 saturated heterocycles. The highest BCUT2D eigenvalue weighted by molar-refractivity contribution is 8.18. The van der Waals surface area contributed by atoms with Gasteiger partial charge in [-0.2, -0.15) is 5.10 Å². The zero-order valence-corrected chi connectivity index (χ0v) is 12.1. The first-order valence-corrected chi connectivity index (χ1v) is 7.61. The second-order valence-electron chi connectivity index (χ2n) is 4.30. The second-order valence-corrected chi connectivity index (χ2v) is 6.26. The molecule has 2 amide bonds. The number of nitrogens with zero attached hydrogens (tertiary/aromatic N) is 2. The van der Waals surface area contributed by atoms with Gasteiger partial charge in [-0.1, -0.05) is 6.07 Å². The quantitative estimate of drug-likeness (QED) is 0.817. The van der Waals surface area contributed by atoms with Gasteiger partial charge in [0.25, 0.3) is 11.1 Å². The lowest BCUT2D eigenvalue weighted by molar-refractivity contribution is -0.141. The average Bonchev–Trinajstić information content (AvgIpc) is 3.11. The zero-order valence-electron chi connectivity index (χ0n) is 10.5. The molecule has 9 heteroatoms. The van der Waals surface area contributed by atoms with Crippen LogP contribution in [0.5, 0.6) is 0 Å². The Balaban J connectivity index is 1.90. The van der Waals surface area contributed by atoms with Crippen molar-refractivity contribution in [3.8, 4) is 0 Å². The third-order valence-corrected chi connectivity index (χ3v) is 4.64. The Morgan fingerprint density at radius 3 is 2.90 bits per heavy atom. The van der Waals surface area contributed by atoms with Gasteiger partial charge in [0.1, 0.15) is 4.91 Å². The number of nitrogens with one attached hydrogen (secondary N) is 1. The third-order valence-electron chi connectivity index (χ3n) is 2.92. The summed E-state index contributed by atoms with van der Waals surface area (Å²) < 4.78 is 0. The molecule has 21 heavy (non-hydrogen) atoms. The Morgan fingerprint density at radius 1 is 1.52 bits per heavy atom. The van der Waals surface area contributed by atoms with Gasteiger partial charge < -0.3 is 5.11 Å². The van der Waals surface area contributed by atoms with Crippen molar-refractivity contribution in [2.45, 2.75) is 12.5 Å². The van der Waals surface area contributed by atoms with Gasteiger partial charge in [0, 0.05) is 12.6 Å². The van der Waals surface area contributed by atoms with Crippen molar-refractivity contribution >= 4 is 45.9 Å². The molecule has 0 saturated carbocycles. The lowest BCUT2D eigenvalue weighted by Gasteiger charge is -2.15. The van der Waals surface area contributed by atoms with Crippen LogP contribution in [-0.4, -0.2) is 39.0 Å². The van der Waals surface area contributed by atoms with Crippen molar-refractivity contribution < 1.29 is 19.5 Å². The van der Waals surface area contributed by atoms with Crippen LogP contribution in [0.3, 0.4) is 0 Å². The van der Waals surface area contributed by atoms with Crippen LogP contribution < -0.4 is 5.32 Å². The number of carboxylic acids is 1. The molecular formula is C12H9N3O4S2. The van der Waals surface area contributed by atoms with Gasteiger partial charge in [-0.05, 0) is 23.2 Å². The van der Waals surface area contributed by atoms with E-state index in [2.05, 4.69) is 10.4 Å². The molecule has 3 heterocycles. The topological polar surface area (TPSA) is 99.1 Å². The smallest absolute Gasteiger partial charge is 0.328 e. The molecule has 0 radical (unpaired) electrons. The fraction of sp³-hybridized carbons (Fsp3) is 0.167. The Morgan fingerprint density at radius 2 is 2.33 bits per heavy atom. The van der Waals surface area contributed by atoms with E-state index in [4.69, 9.17) is 0 Å². The van der Waals surface area contributed by atoms with Crippen LogP contribution in [0.2, 0.25) is 0 Å². The first-order valence-electron chi connectivity index (χ1n) is 5.92. The maximum atomic E-state index is 11.5. The zero-order chi connectivity index (χ0) is 15.0. The summed E-state index contributed by atoms with van der Waals surface area (Å²) in [6.07, 6.45) is 1.56. The molecule has 0 spiro atoms. The summed E-state index contributed by atoms with van der Waals surface area (Å²) in [5.74, 6) is -1.56. The molecule has 1 fully saturated rings. The van der Waals surface area contributed by atoms with E-state index >= 15 is 0 Å². The number of amides is 2. The van der Waals surface area contributed by atoms with Crippen LogP contribution >= 0.6 is 23.1 Å². The van der Waals surface area contributed by atoms with E-state index in [1.807, 2.05) is 17.5 Å². The lowest BCUT2D eigenvalue weighted by atomic mass is 10.1. The molecule has 0 aliphatic carbocycles. The van der Waals surface area contributed by atoms with Crippen LogP contribution in [-0.2, 0) is 9.59 Å². The molecule has 0 aromatic carbocycles. The van der Waals surface area contributed by atoms with Gasteiger partial charge >= 0.3 is 5.97 Å². The number of thiophene rings is 1. The van der Waals surface area contributed by atoms with Gasteiger partial charge in [-0.3, -0.25) is 19.9 Å². The van der Waals surface area contributed by atoms with Crippen LogP contribution in [0.4, 0.5) is 4.79 Å². The molecule has 7 nitrogen and oxygen atoms in total. The molecule has 3 rings (SSSR count). The van der Waals surface area contributed by atoms with E-state index in [9.17, 15) is 19.5 Å². The second kappa shape index (κ2) is 5.34. The molecule has 1 atom stereocenters. The van der Waals surface area contributed by atoms with Crippen LogP contribution in [0.15, 0.2) is 33.7 Å². The predicted molar refractivity (Wildman–Crippen MR) is 77.9 cm³/mol. The molecular weight excluding hydrogens is 314 g/mol. The summed E-state index contributed by atoms with van der Waals surface area (Å²) in [7, 11) is 0. The summed E-state index contributed by atoms with van der Waals surface area (Å²) in [4.78, 5) is 35.0. The number of carbonyl (C=O) groups excluding carboxylic acids is 2. The van der Waals surface area contributed by atoms with Gasteiger partial charge in [0.2, 0.25) is 0 Å². The summed E-state index contributed by atoms with van der Waals surface area (Å²) in [6.45, 7) is 0.